The van der Waals surface area contributed by atoms with Gasteiger partial charge in [-0.3, -0.25) is 4.79 Å². The SMILES string of the molecule is COc1ccnc(C(=O)N[C@@H](C)C(=O)OC(C2CCCCC2)[C@H](C)Oc2ccccc2)c1O. The molecule has 1 unspecified atom stereocenters. The summed E-state index contributed by atoms with van der Waals surface area (Å²) in [5.74, 6) is -0.627. The number of para-hydroxylation sites is 1. The summed E-state index contributed by atoms with van der Waals surface area (Å²) in [4.78, 5) is 29.4. The van der Waals surface area contributed by atoms with Crippen LogP contribution in [0.25, 0.3) is 0 Å². The number of benzene rings is 1. The molecule has 0 aliphatic heterocycles. The van der Waals surface area contributed by atoms with Crippen molar-refractivity contribution in [3.05, 3.63) is 48.3 Å². The van der Waals surface area contributed by atoms with Crippen LogP contribution in [0.5, 0.6) is 17.2 Å². The molecule has 1 aromatic carbocycles. The number of methoxy groups -OCH3 is 1. The van der Waals surface area contributed by atoms with Crippen molar-refractivity contribution in [3.8, 4) is 17.2 Å². The van der Waals surface area contributed by atoms with Gasteiger partial charge >= 0.3 is 5.97 Å². The summed E-state index contributed by atoms with van der Waals surface area (Å²) in [5.41, 5.74) is -0.224. The van der Waals surface area contributed by atoms with Crippen LogP contribution in [-0.2, 0) is 9.53 Å². The molecular formula is C25H32N2O6. The Bertz CT molecular complexity index is 930. The number of nitrogens with one attached hydrogen (secondary N) is 1. The van der Waals surface area contributed by atoms with Gasteiger partial charge in [-0.15, -0.1) is 0 Å². The standard InChI is InChI=1S/C25H32N2O6/c1-16(27-24(29)21-22(28)20(31-3)14-15-26-21)25(30)33-23(18-10-6-4-7-11-18)17(2)32-19-12-8-5-9-13-19/h5,8-9,12-18,23,28H,4,6-7,10-11H2,1-3H3,(H,27,29)/t16-,17-,23?/m0/s1. The van der Waals surface area contributed by atoms with Crippen LogP contribution >= 0.6 is 0 Å². The van der Waals surface area contributed by atoms with Gasteiger partial charge in [-0.2, -0.15) is 0 Å². The van der Waals surface area contributed by atoms with E-state index in [4.69, 9.17) is 14.2 Å². The third-order valence-corrected chi connectivity index (χ3v) is 5.92. The fourth-order valence-corrected chi connectivity index (χ4v) is 4.15. The molecule has 3 atom stereocenters. The van der Waals surface area contributed by atoms with Crippen molar-refractivity contribution in [1.82, 2.24) is 10.3 Å². The predicted molar refractivity (Wildman–Crippen MR) is 122 cm³/mol. The number of esters is 1. The van der Waals surface area contributed by atoms with Gasteiger partial charge in [0, 0.05) is 12.3 Å². The summed E-state index contributed by atoms with van der Waals surface area (Å²) in [6.45, 7) is 3.44. The molecule has 2 aromatic rings. The molecule has 1 aromatic heterocycles. The summed E-state index contributed by atoms with van der Waals surface area (Å²) >= 11 is 0. The number of hydrogen-bond donors (Lipinski definition) is 2. The van der Waals surface area contributed by atoms with Crippen LogP contribution in [0.3, 0.4) is 0 Å². The number of nitrogens with zero attached hydrogens (tertiary/aromatic N) is 1. The van der Waals surface area contributed by atoms with Gasteiger partial charge in [-0.1, -0.05) is 37.5 Å². The molecule has 1 heterocycles. The highest BCUT2D eigenvalue weighted by atomic mass is 16.6. The third-order valence-electron chi connectivity index (χ3n) is 5.92. The van der Waals surface area contributed by atoms with Gasteiger partial charge in [0.05, 0.1) is 7.11 Å². The maximum absolute atomic E-state index is 12.9. The van der Waals surface area contributed by atoms with E-state index < -0.39 is 24.0 Å². The first-order chi connectivity index (χ1) is 15.9. The van der Waals surface area contributed by atoms with E-state index in [2.05, 4.69) is 10.3 Å². The maximum atomic E-state index is 12.9. The van der Waals surface area contributed by atoms with Crippen LogP contribution < -0.4 is 14.8 Å². The fraction of sp³-hybridized carbons (Fsp3) is 0.480. The van der Waals surface area contributed by atoms with E-state index in [0.717, 1.165) is 25.7 Å². The van der Waals surface area contributed by atoms with E-state index in [1.807, 2.05) is 37.3 Å². The zero-order chi connectivity index (χ0) is 23.8. The van der Waals surface area contributed by atoms with Crippen LogP contribution in [0.4, 0.5) is 0 Å². The van der Waals surface area contributed by atoms with Crippen molar-refractivity contribution >= 4 is 11.9 Å². The van der Waals surface area contributed by atoms with Gasteiger partial charge in [-0.05, 0) is 44.7 Å². The Kier molecular flexibility index (Phi) is 8.52. The highest BCUT2D eigenvalue weighted by molar-refractivity contribution is 5.97. The molecule has 3 rings (SSSR count). The molecule has 1 saturated carbocycles. The van der Waals surface area contributed by atoms with Crippen LogP contribution in [0.15, 0.2) is 42.6 Å². The van der Waals surface area contributed by atoms with Gasteiger partial charge < -0.3 is 24.6 Å². The predicted octanol–water partition coefficient (Wildman–Crippen LogP) is 3.87. The Labute approximate surface area is 194 Å². The lowest BCUT2D eigenvalue weighted by Crippen LogP contribution is -2.46. The molecule has 2 N–H and O–H groups in total. The van der Waals surface area contributed by atoms with Crippen molar-refractivity contribution in [2.75, 3.05) is 7.11 Å². The largest absolute Gasteiger partial charge is 0.503 e. The van der Waals surface area contributed by atoms with E-state index in [0.29, 0.717) is 5.75 Å². The van der Waals surface area contributed by atoms with Crippen LogP contribution in [0.1, 0.15) is 56.4 Å². The molecule has 0 radical (unpaired) electrons. The molecule has 1 aliphatic rings. The number of hydrogen-bond acceptors (Lipinski definition) is 7. The summed E-state index contributed by atoms with van der Waals surface area (Å²) in [6, 6.07) is 9.92. The number of carbonyl (C=O) groups is 2. The van der Waals surface area contributed by atoms with E-state index in [-0.39, 0.29) is 29.2 Å². The van der Waals surface area contributed by atoms with E-state index in [9.17, 15) is 14.7 Å². The van der Waals surface area contributed by atoms with E-state index in [1.165, 1.54) is 32.7 Å². The average molecular weight is 457 g/mol. The molecule has 33 heavy (non-hydrogen) atoms. The van der Waals surface area contributed by atoms with Crippen molar-refractivity contribution in [2.45, 2.75) is 64.2 Å². The topological polar surface area (TPSA) is 107 Å². The van der Waals surface area contributed by atoms with Gasteiger partial charge in [-0.25, -0.2) is 9.78 Å². The molecule has 0 bridgehead atoms. The lowest BCUT2D eigenvalue weighted by molar-refractivity contribution is -0.160. The molecule has 0 spiro atoms. The minimum Gasteiger partial charge on any atom is -0.503 e. The number of ether oxygens (including phenoxy) is 3. The number of carbonyl (C=O) groups excluding carboxylic acids is 2. The van der Waals surface area contributed by atoms with Gasteiger partial charge in [0.1, 0.15) is 24.0 Å². The second-order valence-corrected chi connectivity index (χ2v) is 8.34. The molecule has 1 aliphatic carbocycles. The summed E-state index contributed by atoms with van der Waals surface area (Å²) < 4.78 is 17.0. The van der Waals surface area contributed by atoms with Crippen LogP contribution in [0, 0.1) is 5.92 Å². The van der Waals surface area contributed by atoms with Crippen molar-refractivity contribution < 1.29 is 28.9 Å². The van der Waals surface area contributed by atoms with E-state index >= 15 is 0 Å². The Balaban J connectivity index is 1.68. The van der Waals surface area contributed by atoms with Gasteiger partial charge in [0.15, 0.2) is 17.2 Å². The first-order valence-electron chi connectivity index (χ1n) is 11.4. The Morgan fingerprint density at radius 1 is 1.09 bits per heavy atom. The minimum atomic E-state index is -0.945. The van der Waals surface area contributed by atoms with Crippen LogP contribution in [0.2, 0.25) is 0 Å². The van der Waals surface area contributed by atoms with Crippen molar-refractivity contribution in [2.24, 2.45) is 5.92 Å². The summed E-state index contributed by atoms with van der Waals surface area (Å²) in [5, 5.41) is 12.7. The smallest absolute Gasteiger partial charge is 0.328 e. The molecule has 178 valence electrons. The normalized spacial score (nSPS) is 16.8. The first kappa shape index (κ1) is 24.4. The number of aromatic nitrogens is 1. The average Bonchev–Trinajstić information content (AvgIpc) is 2.83. The van der Waals surface area contributed by atoms with Crippen molar-refractivity contribution in [1.29, 1.82) is 0 Å². The lowest BCUT2D eigenvalue weighted by Gasteiger charge is -2.34. The quantitative estimate of drug-likeness (QED) is 0.552. The molecule has 8 heteroatoms. The zero-order valence-corrected chi connectivity index (χ0v) is 19.3. The van der Waals surface area contributed by atoms with Gasteiger partial charge in [0.25, 0.3) is 5.91 Å². The fourth-order valence-electron chi connectivity index (χ4n) is 4.15. The maximum Gasteiger partial charge on any atom is 0.328 e. The first-order valence-corrected chi connectivity index (χ1v) is 11.4. The summed E-state index contributed by atoms with van der Waals surface area (Å²) in [6.07, 6.45) is 5.82. The Hall–Kier alpha value is -3.29. The highest BCUT2D eigenvalue weighted by Crippen LogP contribution is 2.31. The Morgan fingerprint density at radius 3 is 2.45 bits per heavy atom. The number of pyridine rings is 1. The second-order valence-electron chi connectivity index (χ2n) is 8.34. The minimum absolute atomic E-state index is 0.120. The molecule has 0 saturated heterocycles. The number of amides is 1. The lowest BCUT2D eigenvalue weighted by atomic mass is 9.83. The third kappa shape index (κ3) is 6.37. The van der Waals surface area contributed by atoms with E-state index in [1.54, 1.807) is 0 Å². The number of aromatic hydroxyl groups is 1. The summed E-state index contributed by atoms with van der Waals surface area (Å²) in [7, 11) is 1.38. The molecule has 1 amide bonds. The molecule has 8 nitrogen and oxygen atoms in total. The number of rotatable bonds is 9. The molecule has 1 fully saturated rings. The Morgan fingerprint density at radius 2 is 1.79 bits per heavy atom. The zero-order valence-electron chi connectivity index (χ0n) is 19.3. The molecular weight excluding hydrogens is 424 g/mol. The van der Waals surface area contributed by atoms with Crippen molar-refractivity contribution in [3.63, 3.8) is 0 Å². The highest BCUT2D eigenvalue weighted by Gasteiger charge is 2.34. The monoisotopic (exact) mass is 456 g/mol. The van der Waals surface area contributed by atoms with Gasteiger partial charge in [0.2, 0.25) is 0 Å². The second kappa shape index (κ2) is 11.5. The van der Waals surface area contributed by atoms with Crippen LogP contribution in [-0.4, -0.2) is 47.3 Å².